The summed E-state index contributed by atoms with van der Waals surface area (Å²) in [7, 11) is -3.96. The molecule has 0 unspecified atom stereocenters. The second kappa shape index (κ2) is 10.00. The minimum Gasteiger partial charge on any atom is -0.485 e. The number of rotatable bonds is 6. The van der Waals surface area contributed by atoms with Gasteiger partial charge in [0.25, 0.3) is 11.8 Å². The van der Waals surface area contributed by atoms with Crippen molar-refractivity contribution in [1.82, 2.24) is 9.62 Å². The van der Waals surface area contributed by atoms with Gasteiger partial charge in [-0.2, -0.15) is 4.31 Å². The maximum atomic E-state index is 12.9. The summed E-state index contributed by atoms with van der Waals surface area (Å²) in [6.07, 6.45) is -0.347. The summed E-state index contributed by atoms with van der Waals surface area (Å²) in [6.45, 7) is -0.703. The maximum Gasteiger partial charge on any atom is 0.324 e. The molecule has 2 aliphatic rings. The molecule has 0 spiro atoms. The van der Waals surface area contributed by atoms with E-state index in [1.54, 1.807) is 24.3 Å². The standard InChI is InChI=1S/C22H21ClN2O8S/c23-14-7-9-15(10-8-14)34(29,30)25-11-3-4-16(25)22(28)32-13-20(26)24-21(27)19-12-31-17-5-1-2-6-18(17)33-19/h1-2,5-10,16,19H,3-4,11-13H2,(H,24,26,27)/t16-,19-/m1/s1. The summed E-state index contributed by atoms with van der Waals surface area (Å²) in [6, 6.07) is 11.3. The van der Waals surface area contributed by atoms with Crippen molar-refractivity contribution in [3.63, 3.8) is 0 Å². The third-order valence-electron chi connectivity index (χ3n) is 5.31. The molecule has 0 bridgehead atoms. The average Bonchev–Trinajstić information content (AvgIpc) is 3.33. The zero-order chi connectivity index (χ0) is 24.3. The lowest BCUT2D eigenvalue weighted by molar-refractivity contribution is -0.153. The molecule has 2 amide bonds. The number of nitrogens with zero attached hydrogens (tertiary/aromatic N) is 1. The molecule has 1 N–H and O–H groups in total. The lowest BCUT2D eigenvalue weighted by Gasteiger charge is -2.25. The number of esters is 1. The fourth-order valence-electron chi connectivity index (χ4n) is 3.64. The highest BCUT2D eigenvalue weighted by molar-refractivity contribution is 7.89. The molecule has 2 aliphatic heterocycles. The molecule has 10 nitrogen and oxygen atoms in total. The van der Waals surface area contributed by atoms with Crippen molar-refractivity contribution in [2.75, 3.05) is 19.8 Å². The van der Waals surface area contributed by atoms with Crippen LogP contribution in [0.1, 0.15) is 12.8 Å². The normalized spacial score (nSPS) is 19.9. The van der Waals surface area contributed by atoms with Crippen molar-refractivity contribution in [2.24, 2.45) is 0 Å². The summed E-state index contributed by atoms with van der Waals surface area (Å²) in [4.78, 5) is 37.0. The van der Waals surface area contributed by atoms with Gasteiger partial charge in [0.15, 0.2) is 18.1 Å². The highest BCUT2D eigenvalue weighted by Crippen LogP contribution is 2.31. The van der Waals surface area contributed by atoms with Gasteiger partial charge < -0.3 is 14.2 Å². The Morgan fingerprint density at radius 2 is 1.79 bits per heavy atom. The first-order valence-electron chi connectivity index (χ1n) is 10.4. The van der Waals surface area contributed by atoms with Gasteiger partial charge in [0.05, 0.1) is 4.90 Å². The van der Waals surface area contributed by atoms with E-state index in [4.69, 9.17) is 25.8 Å². The molecule has 2 aromatic rings. The molecular formula is C22H21ClN2O8S. The first-order chi connectivity index (χ1) is 16.3. The van der Waals surface area contributed by atoms with E-state index in [-0.39, 0.29) is 24.5 Å². The SMILES string of the molecule is O=C(COC(=O)[C@H]1CCCN1S(=O)(=O)c1ccc(Cl)cc1)NC(=O)[C@H]1COc2ccccc2O1. The molecule has 1 fully saturated rings. The van der Waals surface area contributed by atoms with Crippen molar-refractivity contribution < 1.29 is 37.0 Å². The minimum atomic E-state index is -3.96. The minimum absolute atomic E-state index is 0.00351. The molecule has 0 radical (unpaired) electrons. The van der Waals surface area contributed by atoms with Crippen LogP contribution in [0.25, 0.3) is 0 Å². The van der Waals surface area contributed by atoms with Gasteiger partial charge in [0.2, 0.25) is 16.1 Å². The summed E-state index contributed by atoms with van der Waals surface area (Å²) >= 11 is 5.82. The molecule has 0 aliphatic carbocycles. The van der Waals surface area contributed by atoms with E-state index in [9.17, 15) is 22.8 Å². The molecule has 0 saturated carbocycles. The van der Waals surface area contributed by atoms with Gasteiger partial charge in [0.1, 0.15) is 12.6 Å². The second-order valence-electron chi connectivity index (χ2n) is 7.61. The number of hydrogen-bond donors (Lipinski definition) is 1. The third-order valence-corrected chi connectivity index (χ3v) is 7.48. The molecule has 34 heavy (non-hydrogen) atoms. The Balaban J connectivity index is 1.31. The van der Waals surface area contributed by atoms with Crippen LogP contribution >= 0.6 is 11.6 Å². The van der Waals surface area contributed by atoms with Crippen LogP contribution in [0.3, 0.4) is 0 Å². The fourth-order valence-corrected chi connectivity index (χ4v) is 5.41. The van der Waals surface area contributed by atoms with E-state index in [0.29, 0.717) is 22.9 Å². The molecule has 2 heterocycles. The molecule has 0 aromatic heterocycles. The number of amides is 2. The number of carbonyl (C=O) groups is 3. The van der Waals surface area contributed by atoms with Crippen LogP contribution in [0.15, 0.2) is 53.4 Å². The topological polar surface area (TPSA) is 128 Å². The van der Waals surface area contributed by atoms with Gasteiger partial charge >= 0.3 is 5.97 Å². The van der Waals surface area contributed by atoms with Crippen LogP contribution in [0.5, 0.6) is 11.5 Å². The zero-order valence-corrected chi connectivity index (χ0v) is 19.4. The Hall–Kier alpha value is -3.15. The molecule has 12 heteroatoms. The van der Waals surface area contributed by atoms with Gasteiger partial charge in [-0.05, 0) is 49.2 Å². The van der Waals surface area contributed by atoms with Crippen LogP contribution in [0.2, 0.25) is 5.02 Å². The monoisotopic (exact) mass is 508 g/mol. The van der Waals surface area contributed by atoms with Crippen molar-refractivity contribution >= 4 is 39.4 Å². The predicted octanol–water partition coefficient (Wildman–Crippen LogP) is 1.52. The molecule has 4 rings (SSSR count). The van der Waals surface area contributed by atoms with E-state index in [0.717, 1.165) is 4.31 Å². The van der Waals surface area contributed by atoms with E-state index in [2.05, 4.69) is 5.32 Å². The number of ether oxygens (including phenoxy) is 3. The van der Waals surface area contributed by atoms with Gasteiger partial charge in [-0.25, -0.2) is 8.42 Å². The summed E-state index contributed by atoms with van der Waals surface area (Å²) < 4.78 is 42.9. The lowest BCUT2D eigenvalue weighted by atomic mass is 10.2. The number of fused-ring (bicyclic) bond motifs is 1. The third kappa shape index (κ3) is 5.16. The van der Waals surface area contributed by atoms with Gasteiger partial charge in [-0.3, -0.25) is 19.7 Å². The van der Waals surface area contributed by atoms with Crippen LogP contribution in [-0.2, 0) is 29.1 Å². The van der Waals surface area contributed by atoms with Gasteiger partial charge in [-0.15, -0.1) is 0 Å². The van der Waals surface area contributed by atoms with E-state index < -0.39 is 46.6 Å². The summed E-state index contributed by atoms with van der Waals surface area (Å²) in [5.74, 6) is -1.63. The van der Waals surface area contributed by atoms with Crippen molar-refractivity contribution in [1.29, 1.82) is 0 Å². The highest BCUT2D eigenvalue weighted by Gasteiger charge is 2.40. The number of carbonyl (C=O) groups excluding carboxylic acids is 3. The first kappa shape index (κ1) is 24.0. The van der Waals surface area contributed by atoms with E-state index in [1.807, 2.05) is 0 Å². The number of benzene rings is 2. The van der Waals surface area contributed by atoms with E-state index >= 15 is 0 Å². The van der Waals surface area contributed by atoms with Crippen molar-refractivity contribution in [3.05, 3.63) is 53.6 Å². The Bertz CT molecular complexity index is 1200. The second-order valence-corrected chi connectivity index (χ2v) is 9.94. The van der Waals surface area contributed by atoms with Crippen molar-refractivity contribution in [2.45, 2.75) is 29.9 Å². The number of halogens is 1. The molecule has 2 atom stereocenters. The van der Waals surface area contributed by atoms with E-state index in [1.165, 1.54) is 24.3 Å². The molecule has 2 aromatic carbocycles. The Morgan fingerprint density at radius 1 is 1.09 bits per heavy atom. The first-order valence-corrected chi connectivity index (χ1v) is 12.2. The average molecular weight is 509 g/mol. The smallest absolute Gasteiger partial charge is 0.324 e. The van der Waals surface area contributed by atoms with Crippen molar-refractivity contribution in [3.8, 4) is 11.5 Å². The number of sulfonamides is 1. The van der Waals surface area contributed by atoms with Gasteiger partial charge in [-0.1, -0.05) is 23.7 Å². The molecular weight excluding hydrogens is 488 g/mol. The predicted molar refractivity (Wildman–Crippen MR) is 119 cm³/mol. The zero-order valence-electron chi connectivity index (χ0n) is 17.8. The molecule has 1 saturated heterocycles. The lowest BCUT2D eigenvalue weighted by Crippen LogP contribution is -2.47. The van der Waals surface area contributed by atoms with Crippen LogP contribution in [-0.4, -0.2) is 62.4 Å². The Kier molecular flexibility index (Phi) is 7.05. The Morgan fingerprint density at radius 3 is 2.53 bits per heavy atom. The van der Waals surface area contributed by atoms with Crippen LogP contribution < -0.4 is 14.8 Å². The maximum absolute atomic E-state index is 12.9. The number of imide groups is 1. The number of nitrogens with one attached hydrogen (secondary N) is 1. The van der Waals surface area contributed by atoms with Crippen LogP contribution in [0.4, 0.5) is 0 Å². The number of hydrogen-bond acceptors (Lipinski definition) is 8. The number of para-hydroxylation sites is 2. The van der Waals surface area contributed by atoms with Crippen LogP contribution in [0, 0.1) is 0 Å². The largest absolute Gasteiger partial charge is 0.485 e. The quantitative estimate of drug-likeness (QED) is 0.582. The highest BCUT2D eigenvalue weighted by atomic mass is 35.5. The fraction of sp³-hybridized carbons (Fsp3) is 0.318. The Labute approximate surface area is 200 Å². The molecule has 180 valence electrons. The summed E-state index contributed by atoms with van der Waals surface area (Å²) in [5.41, 5.74) is 0. The summed E-state index contributed by atoms with van der Waals surface area (Å²) in [5, 5.41) is 2.48. The van der Waals surface area contributed by atoms with Gasteiger partial charge in [0, 0.05) is 11.6 Å².